The molecule has 0 aromatic heterocycles. The summed E-state index contributed by atoms with van der Waals surface area (Å²) in [7, 11) is 0. The summed E-state index contributed by atoms with van der Waals surface area (Å²) < 4.78 is 0. The number of carbonyl (C=O) groups is 3. The summed E-state index contributed by atoms with van der Waals surface area (Å²) >= 11 is 0. The van der Waals surface area contributed by atoms with E-state index < -0.39 is 24.0 Å². The van der Waals surface area contributed by atoms with E-state index in [9.17, 15) is 19.5 Å². The zero-order chi connectivity index (χ0) is 28.4. The quantitative estimate of drug-likeness (QED) is 0.143. The van der Waals surface area contributed by atoms with E-state index in [2.05, 4.69) is 53.8 Å². The van der Waals surface area contributed by atoms with Crippen LogP contribution in [0, 0.1) is 25.7 Å². The van der Waals surface area contributed by atoms with Crippen molar-refractivity contribution in [1.82, 2.24) is 16.1 Å². The predicted octanol–water partition coefficient (Wildman–Crippen LogP) is 2.42. The molecule has 0 spiro atoms. The van der Waals surface area contributed by atoms with E-state index in [1.807, 2.05) is 6.07 Å². The smallest absolute Gasteiger partial charge is 0.268 e. The van der Waals surface area contributed by atoms with Gasteiger partial charge in [-0.3, -0.25) is 19.6 Å². The van der Waals surface area contributed by atoms with Gasteiger partial charge in [0.05, 0.1) is 12.6 Å². The monoisotopic (exact) mass is 528 g/mol. The van der Waals surface area contributed by atoms with E-state index >= 15 is 0 Å². The highest BCUT2D eigenvalue weighted by Crippen LogP contribution is 2.11. The largest absolute Gasteiger partial charge is 0.391 e. The van der Waals surface area contributed by atoms with Gasteiger partial charge in [0.25, 0.3) is 11.8 Å². The van der Waals surface area contributed by atoms with Crippen molar-refractivity contribution in [3.63, 3.8) is 0 Å². The molecular formula is C30H32N4O5. The van der Waals surface area contributed by atoms with Crippen molar-refractivity contribution in [3.05, 3.63) is 100 Å². The van der Waals surface area contributed by atoms with Crippen LogP contribution in [0.5, 0.6) is 0 Å². The lowest BCUT2D eigenvalue weighted by atomic mass is 10.1. The third-order valence-corrected chi connectivity index (χ3v) is 6.01. The van der Waals surface area contributed by atoms with Crippen LogP contribution in [-0.2, 0) is 16.1 Å². The minimum atomic E-state index is -1.30. The van der Waals surface area contributed by atoms with Crippen molar-refractivity contribution in [2.75, 3.05) is 11.9 Å². The Bertz CT molecular complexity index is 1370. The maximum Gasteiger partial charge on any atom is 0.268 e. The first kappa shape index (κ1) is 29.1. The Morgan fingerprint density at radius 2 is 1.49 bits per heavy atom. The van der Waals surface area contributed by atoms with Crippen LogP contribution < -0.4 is 21.4 Å². The summed E-state index contributed by atoms with van der Waals surface area (Å²) in [6.45, 7) is 6.26. The number of nitrogens with one attached hydrogen (secondary N) is 4. The Morgan fingerprint density at radius 1 is 0.872 bits per heavy atom. The molecule has 0 radical (unpaired) electrons. The lowest BCUT2D eigenvalue weighted by Gasteiger charge is -2.19. The minimum Gasteiger partial charge on any atom is -0.391 e. The van der Waals surface area contributed by atoms with Gasteiger partial charge in [-0.15, -0.1) is 0 Å². The molecule has 3 aromatic rings. The van der Waals surface area contributed by atoms with Crippen LogP contribution in [0.25, 0.3) is 0 Å². The summed E-state index contributed by atoms with van der Waals surface area (Å²) in [6, 6.07) is 18.5. The van der Waals surface area contributed by atoms with Crippen LogP contribution in [0.3, 0.4) is 0 Å². The maximum atomic E-state index is 12.4. The maximum absolute atomic E-state index is 12.4. The molecule has 3 rings (SSSR count). The molecule has 0 aliphatic heterocycles. The molecule has 0 saturated heterocycles. The lowest BCUT2D eigenvalue weighted by Crippen LogP contribution is -2.51. The molecule has 39 heavy (non-hydrogen) atoms. The number of amides is 3. The molecule has 9 heteroatoms. The Morgan fingerprint density at radius 3 is 2.05 bits per heavy atom. The molecule has 0 bridgehead atoms. The van der Waals surface area contributed by atoms with Gasteiger partial charge in [-0.25, -0.2) is 5.48 Å². The molecule has 2 atom stereocenters. The van der Waals surface area contributed by atoms with Crippen molar-refractivity contribution >= 4 is 23.4 Å². The van der Waals surface area contributed by atoms with E-state index in [4.69, 9.17) is 5.21 Å². The fraction of sp³-hybridized carbons (Fsp3) is 0.233. The second-order valence-electron chi connectivity index (χ2n) is 9.14. The second-order valence-corrected chi connectivity index (χ2v) is 9.14. The van der Waals surface area contributed by atoms with Crippen molar-refractivity contribution in [2.45, 2.75) is 39.5 Å². The molecule has 3 amide bonds. The summed E-state index contributed by atoms with van der Waals surface area (Å²) in [5.41, 5.74) is 7.35. The van der Waals surface area contributed by atoms with E-state index in [1.54, 1.807) is 48.5 Å². The lowest BCUT2D eigenvalue weighted by molar-refractivity contribution is -0.133. The molecule has 202 valence electrons. The van der Waals surface area contributed by atoms with Crippen LogP contribution in [0.4, 0.5) is 5.69 Å². The number of hydroxylamine groups is 1. The van der Waals surface area contributed by atoms with Gasteiger partial charge in [0.1, 0.15) is 6.04 Å². The Balaban J connectivity index is 1.50. The van der Waals surface area contributed by atoms with Gasteiger partial charge in [-0.05, 0) is 86.0 Å². The minimum absolute atomic E-state index is 0.140. The average Bonchev–Trinajstić information content (AvgIpc) is 2.93. The van der Waals surface area contributed by atoms with Gasteiger partial charge in [0, 0.05) is 28.9 Å². The molecule has 2 unspecified atom stereocenters. The summed E-state index contributed by atoms with van der Waals surface area (Å²) in [6.07, 6.45) is -1.20. The molecule has 3 aromatic carbocycles. The Kier molecular flexibility index (Phi) is 10.3. The SMILES string of the molecule is Cc1ccc(CNCC(=O)Nc2ccc(C#Cc3ccc(C(=O)NC(C(=O)NO)C(C)O)cc3)cc2)cc1C. The van der Waals surface area contributed by atoms with Gasteiger partial charge < -0.3 is 21.1 Å². The first-order valence-electron chi connectivity index (χ1n) is 12.4. The van der Waals surface area contributed by atoms with Crippen molar-refractivity contribution < 1.29 is 24.7 Å². The van der Waals surface area contributed by atoms with Crippen LogP contribution in [0.1, 0.15) is 45.1 Å². The standard InChI is InChI=1S/C30H32N4O5/c1-19-4-5-24(16-20(19)2)17-31-18-27(36)32-26-14-10-23(11-15-26)7-6-22-8-12-25(13-9-22)29(37)33-28(21(3)35)30(38)34-39/h4-5,8-16,21,28,31,35,39H,17-18H2,1-3H3,(H,32,36)(H,33,37)(H,34,38). The highest BCUT2D eigenvalue weighted by molar-refractivity contribution is 5.97. The molecule has 9 nitrogen and oxygen atoms in total. The van der Waals surface area contributed by atoms with Crippen molar-refractivity contribution in [3.8, 4) is 11.8 Å². The average molecular weight is 529 g/mol. The number of hydrogen-bond donors (Lipinski definition) is 6. The number of benzene rings is 3. The Hall–Kier alpha value is -4.49. The van der Waals surface area contributed by atoms with E-state index in [0.717, 1.165) is 11.1 Å². The van der Waals surface area contributed by atoms with Gasteiger partial charge in [0.15, 0.2) is 0 Å². The molecule has 0 fully saturated rings. The van der Waals surface area contributed by atoms with Crippen molar-refractivity contribution in [1.29, 1.82) is 0 Å². The number of carbonyl (C=O) groups excluding carboxylic acids is 3. The zero-order valence-electron chi connectivity index (χ0n) is 22.0. The van der Waals surface area contributed by atoms with E-state index in [1.165, 1.54) is 23.5 Å². The third-order valence-electron chi connectivity index (χ3n) is 6.01. The molecule has 0 saturated carbocycles. The number of aliphatic hydroxyl groups is 1. The topological polar surface area (TPSA) is 140 Å². The number of anilines is 1. The van der Waals surface area contributed by atoms with E-state index in [0.29, 0.717) is 17.8 Å². The predicted molar refractivity (Wildman–Crippen MR) is 148 cm³/mol. The number of aliphatic hydroxyl groups excluding tert-OH is 1. The third kappa shape index (κ3) is 8.79. The first-order chi connectivity index (χ1) is 18.7. The number of rotatable bonds is 9. The Labute approximate surface area is 227 Å². The molecule has 6 N–H and O–H groups in total. The fourth-order valence-corrected chi connectivity index (χ4v) is 3.62. The zero-order valence-corrected chi connectivity index (χ0v) is 22.0. The van der Waals surface area contributed by atoms with Gasteiger partial charge in [-0.2, -0.15) is 0 Å². The normalized spacial score (nSPS) is 11.9. The van der Waals surface area contributed by atoms with E-state index in [-0.39, 0.29) is 18.0 Å². The molecule has 0 heterocycles. The highest BCUT2D eigenvalue weighted by Gasteiger charge is 2.25. The molecule has 0 aliphatic carbocycles. The summed E-state index contributed by atoms with van der Waals surface area (Å²) in [5, 5.41) is 26.8. The van der Waals surface area contributed by atoms with Gasteiger partial charge in [0.2, 0.25) is 5.91 Å². The molecular weight excluding hydrogens is 496 g/mol. The summed E-state index contributed by atoms with van der Waals surface area (Å²) in [5.74, 6) is 4.40. The van der Waals surface area contributed by atoms with Crippen molar-refractivity contribution in [2.24, 2.45) is 0 Å². The van der Waals surface area contributed by atoms with Gasteiger partial charge in [-0.1, -0.05) is 30.0 Å². The first-order valence-corrected chi connectivity index (χ1v) is 12.4. The van der Waals surface area contributed by atoms with Gasteiger partial charge >= 0.3 is 0 Å². The van der Waals surface area contributed by atoms with Crippen LogP contribution in [-0.4, -0.2) is 46.7 Å². The number of hydrogen-bond acceptors (Lipinski definition) is 6. The second kappa shape index (κ2) is 13.9. The number of aryl methyl sites for hydroxylation is 2. The van der Waals surface area contributed by atoms with Crippen LogP contribution in [0.15, 0.2) is 66.7 Å². The fourth-order valence-electron chi connectivity index (χ4n) is 3.62. The highest BCUT2D eigenvalue weighted by atomic mass is 16.5. The van der Waals surface area contributed by atoms with Crippen LogP contribution >= 0.6 is 0 Å². The van der Waals surface area contributed by atoms with Crippen LogP contribution in [0.2, 0.25) is 0 Å². The molecule has 0 aliphatic rings. The summed E-state index contributed by atoms with van der Waals surface area (Å²) in [4.78, 5) is 36.2.